The van der Waals surface area contributed by atoms with Gasteiger partial charge < -0.3 is 0 Å². The molecule has 0 aromatic heterocycles. The van der Waals surface area contributed by atoms with E-state index in [1.165, 1.54) is 18.7 Å². The van der Waals surface area contributed by atoms with Gasteiger partial charge in [0, 0.05) is 0 Å². The largest absolute Gasteiger partial charge is 0.0972 e. The summed E-state index contributed by atoms with van der Waals surface area (Å²) in [6.45, 7) is 4.56. The highest BCUT2D eigenvalue weighted by Gasteiger charge is 2.27. The van der Waals surface area contributed by atoms with E-state index in [9.17, 15) is 0 Å². The molecule has 2 heteroatoms. The van der Waals surface area contributed by atoms with E-state index >= 15 is 0 Å². The van der Waals surface area contributed by atoms with Crippen LogP contribution in [0.4, 0.5) is 0 Å². The topological polar surface area (TPSA) is 0 Å². The molecular formula is C6H13PS. The summed E-state index contributed by atoms with van der Waals surface area (Å²) in [5.41, 5.74) is 0.825. The van der Waals surface area contributed by atoms with Crippen LogP contribution < -0.4 is 0 Å². The first kappa shape index (κ1) is 6.77. The van der Waals surface area contributed by atoms with Crippen molar-refractivity contribution in [1.29, 1.82) is 0 Å². The molecule has 0 N–H and O–H groups in total. The molecule has 0 amide bonds. The minimum absolute atomic E-state index is 0.731. The number of rotatable bonds is 1. The predicted molar refractivity (Wildman–Crippen MR) is 43.8 cm³/mol. The van der Waals surface area contributed by atoms with Crippen molar-refractivity contribution in [1.82, 2.24) is 0 Å². The lowest BCUT2D eigenvalue weighted by Crippen LogP contribution is -2.15. The summed E-state index contributed by atoms with van der Waals surface area (Å²) < 4.78 is 0. The minimum atomic E-state index is -0.731. The van der Waals surface area contributed by atoms with Gasteiger partial charge in [-0.3, -0.25) is 0 Å². The van der Waals surface area contributed by atoms with Gasteiger partial charge in [0.05, 0.1) is 0 Å². The van der Waals surface area contributed by atoms with E-state index in [2.05, 4.69) is 13.8 Å². The summed E-state index contributed by atoms with van der Waals surface area (Å²) in [7, 11) is 0. The first-order chi connectivity index (χ1) is 3.65. The molecule has 0 spiro atoms. The van der Waals surface area contributed by atoms with E-state index in [-0.39, 0.29) is 0 Å². The molecule has 1 rings (SSSR count). The van der Waals surface area contributed by atoms with Crippen LogP contribution in [-0.2, 0) is 11.8 Å². The van der Waals surface area contributed by atoms with Crippen molar-refractivity contribution in [3.63, 3.8) is 0 Å². The zero-order valence-electron chi connectivity index (χ0n) is 5.55. The molecule has 0 aliphatic carbocycles. The van der Waals surface area contributed by atoms with Crippen molar-refractivity contribution in [3.8, 4) is 0 Å². The van der Waals surface area contributed by atoms with Crippen molar-refractivity contribution in [2.75, 3.05) is 12.3 Å². The average Bonchev–Trinajstić information content (AvgIpc) is 1.60. The quantitative estimate of drug-likeness (QED) is 0.514. The molecule has 0 aromatic carbocycles. The van der Waals surface area contributed by atoms with Crippen LogP contribution in [0.3, 0.4) is 0 Å². The molecular weight excluding hydrogens is 135 g/mol. The Morgan fingerprint density at radius 3 is 1.88 bits per heavy atom. The second-order valence-corrected chi connectivity index (χ2v) is 8.86. The molecule has 1 aliphatic heterocycles. The molecule has 0 atom stereocenters. The zero-order valence-corrected chi connectivity index (χ0v) is 7.27. The summed E-state index contributed by atoms with van der Waals surface area (Å²) in [4.78, 5) is 0. The van der Waals surface area contributed by atoms with Crippen LogP contribution in [0, 0.1) is 0 Å². The van der Waals surface area contributed by atoms with Crippen LogP contribution in [-0.4, -0.2) is 18.0 Å². The fourth-order valence-corrected chi connectivity index (χ4v) is 3.73. The van der Waals surface area contributed by atoms with Gasteiger partial charge in [0.1, 0.15) is 0 Å². The van der Waals surface area contributed by atoms with E-state index in [1.54, 1.807) is 0 Å². The fraction of sp³-hybridized carbons (Fsp3) is 1.00. The lowest BCUT2D eigenvalue weighted by molar-refractivity contribution is 0.950. The second-order valence-electron chi connectivity index (χ2n) is 2.85. The molecule has 0 aromatic rings. The van der Waals surface area contributed by atoms with Crippen molar-refractivity contribution >= 4 is 17.8 Å². The van der Waals surface area contributed by atoms with Crippen LogP contribution >= 0.6 is 6.04 Å². The number of hydrogen-bond acceptors (Lipinski definition) is 1. The maximum Gasteiger partial charge on any atom is -0.0175 e. The molecule has 1 aliphatic rings. The van der Waals surface area contributed by atoms with Gasteiger partial charge in [-0.25, -0.2) is 0 Å². The Kier molecular flexibility index (Phi) is 1.79. The van der Waals surface area contributed by atoms with E-state index < -0.39 is 6.04 Å². The highest BCUT2D eigenvalue weighted by atomic mass is 32.4. The van der Waals surface area contributed by atoms with E-state index in [4.69, 9.17) is 11.8 Å². The fourth-order valence-electron chi connectivity index (χ4n) is 0.986. The lowest BCUT2D eigenvalue weighted by atomic mass is 10.5. The van der Waals surface area contributed by atoms with Crippen molar-refractivity contribution in [3.05, 3.63) is 0 Å². The van der Waals surface area contributed by atoms with E-state index in [0.717, 1.165) is 5.66 Å². The van der Waals surface area contributed by atoms with Crippen molar-refractivity contribution in [2.24, 2.45) is 0 Å². The molecule has 0 nitrogen and oxygen atoms in total. The van der Waals surface area contributed by atoms with Gasteiger partial charge in [-0.05, 0) is 30.4 Å². The maximum atomic E-state index is 5.47. The maximum absolute atomic E-state index is 5.47. The molecule has 1 heterocycles. The van der Waals surface area contributed by atoms with Crippen LogP contribution in [0.25, 0.3) is 0 Å². The van der Waals surface area contributed by atoms with Crippen molar-refractivity contribution < 1.29 is 0 Å². The Bertz CT molecular complexity index is 120. The van der Waals surface area contributed by atoms with Crippen LogP contribution in [0.5, 0.6) is 0 Å². The standard InChI is InChI=1S/C6H13PS/c1-6(2)7(8)4-3-5-7/h6H,3-5H2,1-2H3. The van der Waals surface area contributed by atoms with Gasteiger partial charge >= 0.3 is 0 Å². The highest BCUT2D eigenvalue weighted by molar-refractivity contribution is 8.15. The highest BCUT2D eigenvalue weighted by Crippen LogP contribution is 2.58. The van der Waals surface area contributed by atoms with Crippen LogP contribution in [0.2, 0.25) is 0 Å². The van der Waals surface area contributed by atoms with Gasteiger partial charge in [-0.2, -0.15) is 0 Å². The van der Waals surface area contributed by atoms with Gasteiger partial charge in [0.25, 0.3) is 0 Å². The third kappa shape index (κ3) is 0.989. The second kappa shape index (κ2) is 2.11. The van der Waals surface area contributed by atoms with Gasteiger partial charge in [0.15, 0.2) is 0 Å². The zero-order chi connectivity index (χ0) is 6.20. The summed E-state index contributed by atoms with van der Waals surface area (Å²) in [6.07, 6.45) is 4.19. The summed E-state index contributed by atoms with van der Waals surface area (Å²) in [5, 5.41) is 0. The minimum Gasteiger partial charge on any atom is -0.0972 e. The Morgan fingerprint density at radius 1 is 1.38 bits per heavy atom. The first-order valence-corrected chi connectivity index (χ1v) is 6.47. The molecule has 48 valence electrons. The first-order valence-electron chi connectivity index (χ1n) is 3.23. The summed E-state index contributed by atoms with van der Waals surface area (Å²) in [5.74, 6) is 0. The monoisotopic (exact) mass is 148 g/mol. The van der Waals surface area contributed by atoms with E-state index in [1.807, 2.05) is 0 Å². The molecule has 0 radical (unpaired) electrons. The van der Waals surface area contributed by atoms with Crippen LogP contribution in [0.15, 0.2) is 0 Å². The van der Waals surface area contributed by atoms with Gasteiger partial charge in [0.2, 0.25) is 0 Å². The molecule has 0 saturated carbocycles. The molecule has 1 saturated heterocycles. The average molecular weight is 148 g/mol. The van der Waals surface area contributed by atoms with E-state index in [0.29, 0.717) is 0 Å². The normalized spacial score (nSPS) is 25.4. The molecule has 0 bridgehead atoms. The lowest BCUT2D eigenvalue weighted by Gasteiger charge is -2.34. The molecule has 8 heavy (non-hydrogen) atoms. The Balaban J connectivity index is 2.54. The van der Waals surface area contributed by atoms with Gasteiger partial charge in [-0.15, -0.1) is 0 Å². The SMILES string of the molecule is CC(C)P1(=S)CCC1. The smallest absolute Gasteiger partial charge is 0.0175 e. The Labute approximate surface area is 56.7 Å². The number of hydrogen-bond donors (Lipinski definition) is 0. The third-order valence-corrected chi connectivity index (χ3v) is 8.40. The van der Waals surface area contributed by atoms with Crippen LogP contribution in [0.1, 0.15) is 20.3 Å². The summed E-state index contributed by atoms with van der Waals surface area (Å²) in [6, 6.07) is -0.731. The molecule has 0 unspecified atom stereocenters. The van der Waals surface area contributed by atoms with Crippen molar-refractivity contribution in [2.45, 2.75) is 25.9 Å². The molecule has 1 fully saturated rings. The third-order valence-electron chi connectivity index (χ3n) is 2.01. The predicted octanol–water partition coefficient (Wildman–Crippen LogP) is 2.28. The summed E-state index contributed by atoms with van der Waals surface area (Å²) >= 11 is 5.47. The van der Waals surface area contributed by atoms with Gasteiger partial charge in [-0.1, -0.05) is 25.7 Å². The Hall–Kier alpha value is 0.650. The Morgan fingerprint density at radius 2 is 1.88 bits per heavy atom.